The number of esters is 1. The topological polar surface area (TPSA) is 89.5 Å². The predicted octanol–water partition coefficient (Wildman–Crippen LogP) is 3.63. The van der Waals surface area contributed by atoms with Gasteiger partial charge in [0.2, 0.25) is 5.91 Å². The minimum absolute atomic E-state index is 0.114. The Morgan fingerprint density at radius 1 is 1.04 bits per heavy atom. The van der Waals surface area contributed by atoms with Crippen LogP contribution in [0.3, 0.4) is 0 Å². The van der Waals surface area contributed by atoms with Gasteiger partial charge in [0.05, 0.1) is 18.6 Å². The Morgan fingerprint density at radius 3 is 2.43 bits per heavy atom. The second-order valence-electron chi connectivity index (χ2n) is 6.17. The zero-order valence-corrected chi connectivity index (χ0v) is 16.8. The Balaban J connectivity index is 1.70. The summed E-state index contributed by atoms with van der Waals surface area (Å²) in [5.41, 5.74) is 0.962. The number of thiophene rings is 1. The molecular weight excluding hydrogens is 398 g/mol. The molecule has 3 rings (SSSR count). The molecule has 0 aliphatic heterocycles. The van der Waals surface area contributed by atoms with Crippen molar-refractivity contribution in [2.45, 2.75) is 12.2 Å². The lowest BCUT2D eigenvalue weighted by Gasteiger charge is -2.07. The van der Waals surface area contributed by atoms with Gasteiger partial charge in [0.15, 0.2) is 9.84 Å². The number of benzene rings is 2. The van der Waals surface area contributed by atoms with Crippen LogP contribution in [-0.4, -0.2) is 33.2 Å². The summed E-state index contributed by atoms with van der Waals surface area (Å²) >= 11 is 1.25. The van der Waals surface area contributed by atoms with E-state index in [9.17, 15) is 18.0 Å². The fourth-order valence-corrected chi connectivity index (χ4v) is 5.22. The van der Waals surface area contributed by atoms with E-state index in [4.69, 9.17) is 4.74 Å². The Hall–Kier alpha value is -2.71. The maximum atomic E-state index is 12.3. The summed E-state index contributed by atoms with van der Waals surface area (Å²) in [7, 11) is -2.15. The van der Waals surface area contributed by atoms with Crippen LogP contribution in [0.25, 0.3) is 10.1 Å². The molecule has 8 heteroatoms. The number of nitrogens with one attached hydrogen (secondary N) is 1. The van der Waals surface area contributed by atoms with E-state index >= 15 is 0 Å². The molecule has 28 heavy (non-hydrogen) atoms. The van der Waals surface area contributed by atoms with E-state index < -0.39 is 21.7 Å². The summed E-state index contributed by atoms with van der Waals surface area (Å²) < 4.78 is 30.2. The molecule has 0 saturated carbocycles. The Labute approximate surface area is 167 Å². The lowest BCUT2D eigenvalue weighted by molar-refractivity contribution is -0.115. The molecule has 2 aromatic carbocycles. The van der Waals surface area contributed by atoms with Crippen molar-refractivity contribution < 1.29 is 22.7 Å². The van der Waals surface area contributed by atoms with Crippen molar-refractivity contribution in [3.05, 3.63) is 65.7 Å². The van der Waals surface area contributed by atoms with E-state index in [0.29, 0.717) is 16.0 Å². The van der Waals surface area contributed by atoms with Crippen molar-refractivity contribution in [3.8, 4) is 0 Å². The van der Waals surface area contributed by atoms with Crippen molar-refractivity contribution in [1.29, 1.82) is 0 Å². The van der Waals surface area contributed by atoms with Gasteiger partial charge in [0.25, 0.3) is 0 Å². The van der Waals surface area contributed by atoms with E-state index in [1.54, 1.807) is 36.4 Å². The fraction of sp³-hybridized carbons (Fsp3) is 0.200. The van der Waals surface area contributed by atoms with Crippen LogP contribution in [0.1, 0.15) is 22.3 Å². The van der Waals surface area contributed by atoms with Crippen molar-refractivity contribution >= 4 is 48.1 Å². The maximum absolute atomic E-state index is 12.3. The van der Waals surface area contributed by atoms with E-state index in [1.165, 1.54) is 18.4 Å². The first-order valence-corrected chi connectivity index (χ1v) is 11.2. The SMILES string of the molecule is COC(=O)c1c(NC(=O)CCS(=O)(=O)Cc2ccccc2)sc2ccccc12. The van der Waals surface area contributed by atoms with E-state index in [2.05, 4.69) is 5.32 Å². The highest BCUT2D eigenvalue weighted by Gasteiger charge is 2.22. The number of carbonyl (C=O) groups is 2. The van der Waals surface area contributed by atoms with Crippen LogP contribution in [0.5, 0.6) is 0 Å². The molecule has 1 aromatic heterocycles. The minimum Gasteiger partial charge on any atom is -0.465 e. The molecule has 1 heterocycles. The summed E-state index contributed by atoms with van der Waals surface area (Å²) in [4.78, 5) is 24.5. The molecule has 3 aromatic rings. The summed E-state index contributed by atoms with van der Waals surface area (Å²) in [5.74, 6) is -1.40. The third-order valence-corrected chi connectivity index (χ3v) is 6.79. The van der Waals surface area contributed by atoms with Crippen LogP contribution in [-0.2, 0) is 25.1 Å². The zero-order valence-electron chi connectivity index (χ0n) is 15.2. The van der Waals surface area contributed by atoms with Gasteiger partial charge in [-0.25, -0.2) is 13.2 Å². The monoisotopic (exact) mass is 417 g/mol. The summed E-state index contributed by atoms with van der Waals surface area (Å²) in [6, 6.07) is 16.1. The quantitative estimate of drug-likeness (QED) is 0.593. The van der Waals surface area contributed by atoms with Crippen molar-refractivity contribution in [3.63, 3.8) is 0 Å². The van der Waals surface area contributed by atoms with Crippen molar-refractivity contribution in [2.24, 2.45) is 0 Å². The van der Waals surface area contributed by atoms with Gasteiger partial charge in [-0.15, -0.1) is 11.3 Å². The lowest BCUT2D eigenvalue weighted by atomic mass is 10.1. The number of methoxy groups -OCH3 is 1. The standard InChI is InChI=1S/C20H19NO5S2/c1-26-20(23)18-15-9-5-6-10-16(15)27-19(18)21-17(22)11-12-28(24,25)13-14-7-3-2-4-8-14/h2-10H,11-13H2,1H3,(H,21,22). The largest absolute Gasteiger partial charge is 0.465 e. The van der Waals surface area contributed by atoms with Gasteiger partial charge in [0, 0.05) is 16.5 Å². The number of ether oxygens (including phenoxy) is 1. The molecule has 146 valence electrons. The van der Waals surface area contributed by atoms with Crippen LogP contribution in [0, 0.1) is 0 Å². The van der Waals surface area contributed by atoms with Gasteiger partial charge in [-0.2, -0.15) is 0 Å². The molecule has 0 unspecified atom stereocenters. The smallest absolute Gasteiger partial charge is 0.341 e. The first kappa shape index (κ1) is 20.0. The van der Waals surface area contributed by atoms with Crippen LogP contribution in [0.4, 0.5) is 5.00 Å². The normalized spacial score (nSPS) is 11.3. The van der Waals surface area contributed by atoms with Gasteiger partial charge in [-0.3, -0.25) is 4.79 Å². The molecule has 0 atom stereocenters. The second kappa shape index (κ2) is 8.53. The van der Waals surface area contributed by atoms with Gasteiger partial charge in [0.1, 0.15) is 10.6 Å². The highest BCUT2D eigenvalue weighted by atomic mass is 32.2. The number of sulfone groups is 1. The summed E-state index contributed by atoms with van der Waals surface area (Å²) in [6.07, 6.45) is -0.190. The molecule has 0 aliphatic carbocycles. The molecule has 0 bridgehead atoms. The molecule has 1 N–H and O–H groups in total. The van der Waals surface area contributed by atoms with Gasteiger partial charge in [-0.05, 0) is 11.6 Å². The number of anilines is 1. The van der Waals surface area contributed by atoms with Crippen molar-refractivity contribution in [2.75, 3.05) is 18.2 Å². The molecule has 6 nitrogen and oxygen atoms in total. The Morgan fingerprint density at radius 2 is 1.71 bits per heavy atom. The number of amides is 1. The number of hydrogen-bond acceptors (Lipinski definition) is 6. The zero-order chi connectivity index (χ0) is 20.1. The first-order chi connectivity index (χ1) is 13.4. The molecule has 0 spiro atoms. The number of carbonyl (C=O) groups excluding carboxylic acids is 2. The lowest BCUT2D eigenvalue weighted by Crippen LogP contribution is -2.19. The predicted molar refractivity (Wildman–Crippen MR) is 110 cm³/mol. The van der Waals surface area contributed by atoms with Crippen LogP contribution < -0.4 is 5.32 Å². The van der Waals surface area contributed by atoms with Crippen LogP contribution in [0.15, 0.2) is 54.6 Å². The average Bonchev–Trinajstić information content (AvgIpc) is 3.04. The van der Waals surface area contributed by atoms with E-state index in [-0.39, 0.29) is 23.5 Å². The third-order valence-electron chi connectivity index (χ3n) is 4.11. The third kappa shape index (κ3) is 4.76. The molecule has 0 saturated heterocycles. The van der Waals surface area contributed by atoms with Crippen molar-refractivity contribution in [1.82, 2.24) is 0 Å². The number of hydrogen-bond donors (Lipinski definition) is 1. The number of fused-ring (bicyclic) bond motifs is 1. The fourth-order valence-electron chi connectivity index (χ4n) is 2.78. The summed E-state index contributed by atoms with van der Waals surface area (Å²) in [5, 5.41) is 3.71. The van der Waals surface area contributed by atoms with E-state index in [0.717, 1.165) is 4.70 Å². The molecule has 0 aliphatic rings. The first-order valence-electron chi connectivity index (χ1n) is 8.53. The second-order valence-corrected chi connectivity index (χ2v) is 9.41. The molecule has 0 fully saturated rings. The van der Waals surface area contributed by atoms with Gasteiger partial charge >= 0.3 is 5.97 Å². The number of rotatable bonds is 7. The Kier molecular flexibility index (Phi) is 6.11. The van der Waals surface area contributed by atoms with Gasteiger partial charge < -0.3 is 10.1 Å². The highest BCUT2D eigenvalue weighted by molar-refractivity contribution is 7.90. The average molecular weight is 418 g/mol. The summed E-state index contributed by atoms with van der Waals surface area (Å²) in [6.45, 7) is 0. The van der Waals surface area contributed by atoms with E-state index in [1.807, 2.05) is 18.2 Å². The molecular formula is C20H19NO5S2. The molecule has 0 radical (unpaired) electrons. The minimum atomic E-state index is -3.43. The molecule has 1 amide bonds. The maximum Gasteiger partial charge on any atom is 0.341 e. The Bertz CT molecular complexity index is 1100. The van der Waals surface area contributed by atoms with Gasteiger partial charge in [-0.1, -0.05) is 48.5 Å². The highest BCUT2D eigenvalue weighted by Crippen LogP contribution is 2.36. The van der Waals surface area contributed by atoms with Crippen LogP contribution in [0.2, 0.25) is 0 Å². The van der Waals surface area contributed by atoms with Crippen LogP contribution >= 0.6 is 11.3 Å².